The van der Waals surface area contributed by atoms with Gasteiger partial charge in [-0.25, -0.2) is 15.0 Å². The summed E-state index contributed by atoms with van der Waals surface area (Å²) >= 11 is 0. The third-order valence-corrected chi connectivity index (χ3v) is 5.20. The maximum absolute atomic E-state index is 13.2. The van der Waals surface area contributed by atoms with Crippen molar-refractivity contribution in [3.63, 3.8) is 0 Å². The Morgan fingerprint density at radius 3 is 3.14 bits per heavy atom. The lowest BCUT2D eigenvalue weighted by atomic mass is 9.91. The van der Waals surface area contributed by atoms with E-state index in [4.69, 9.17) is 9.47 Å². The highest BCUT2D eigenvalue weighted by Gasteiger charge is 2.32. The Balaban J connectivity index is 1.56. The van der Waals surface area contributed by atoms with Gasteiger partial charge in [0.2, 0.25) is 11.9 Å². The average Bonchev–Trinajstić information content (AvgIpc) is 3.38. The van der Waals surface area contributed by atoms with E-state index in [-0.39, 0.29) is 24.8 Å². The van der Waals surface area contributed by atoms with E-state index in [1.807, 2.05) is 6.07 Å². The lowest BCUT2D eigenvalue weighted by Gasteiger charge is -2.26. The van der Waals surface area contributed by atoms with Gasteiger partial charge in [0.05, 0.1) is 18.2 Å². The molecule has 2 aromatic rings. The van der Waals surface area contributed by atoms with Crippen molar-refractivity contribution in [1.29, 1.82) is 0 Å². The fraction of sp³-hybridized carbons (Fsp3) is 0.579. The van der Waals surface area contributed by atoms with Crippen LogP contribution in [0.2, 0.25) is 0 Å². The van der Waals surface area contributed by atoms with Crippen molar-refractivity contribution in [3.8, 4) is 5.95 Å². The zero-order valence-corrected chi connectivity index (χ0v) is 15.8. The number of ether oxygens (including phenoxy) is 2. The van der Waals surface area contributed by atoms with Crippen molar-refractivity contribution < 1.29 is 14.3 Å². The molecule has 2 aliphatic rings. The molecule has 28 heavy (non-hydrogen) atoms. The van der Waals surface area contributed by atoms with E-state index in [9.17, 15) is 4.79 Å². The quantitative estimate of drug-likeness (QED) is 0.756. The molecule has 2 aromatic heterocycles. The van der Waals surface area contributed by atoms with Crippen molar-refractivity contribution in [2.75, 3.05) is 26.5 Å². The summed E-state index contributed by atoms with van der Waals surface area (Å²) in [5.74, 6) is 0.0600. The molecule has 9 nitrogen and oxygen atoms in total. The number of aromatic nitrogens is 4. The first kappa shape index (κ1) is 19.0. The second-order valence-electron chi connectivity index (χ2n) is 7.16. The van der Waals surface area contributed by atoms with E-state index in [1.54, 1.807) is 29.5 Å². The summed E-state index contributed by atoms with van der Waals surface area (Å²) in [6.45, 7) is 2.13. The molecule has 3 atom stereocenters. The van der Waals surface area contributed by atoms with E-state index in [0.29, 0.717) is 24.8 Å². The van der Waals surface area contributed by atoms with E-state index in [0.717, 1.165) is 25.8 Å². The molecule has 0 radical (unpaired) electrons. The molecule has 2 N–H and O–H groups in total. The smallest absolute Gasteiger partial charge is 0.235 e. The third kappa shape index (κ3) is 4.54. The van der Waals surface area contributed by atoms with Crippen LogP contribution in [0, 0.1) is 0 Å². The minimum atomic E-state index is -0.398. The molecular formula is C19H26N6O3. The van der Waals surface area contributed by atoms with Crippen molar-refractivity contribution in [2.45, 2.75) is 43.7 Å². The van der Waals surface area contributed by atoms with Gasteiger partial charge in [-0.3, -0.25) is 9.36 Å². The summed E-state index contributed by atoms with van der Waals surface area (Å²) in [7, 11) is 0. The zero-order chi connectivity index (χ0) is 19.2. The number of carbonyl (C=O) groups is 1. The van der Waals surface area contributed by atoms with Gasteiger partial charge in [0.25, 0.3) is 0 Å². The second-order valence-corrected chi connectivity index (χ2v) is 7.16. The van der Waals surface area contributed by atoms with Crippen LogP contribution in [-0.4, -0.2) is 64.1 Å². The van der Waals surface area contributed by atoms with Crippen LogP contribution in [0.4, 0.5) is 0 Å². The largest absolute Gasteiger partial charge is 0.353 e. The van der Waals surface area contributed by atoms with Gasteiger partial charge in [-0.2, -0.15) is 0 Å². The van der Waals surface area contributed by atoms with Crippen LogP contribution in [0.5, 0.6) is 0 Å². The number of amides is 1. The third-order valence-electron chi connectivity index (χ3n) is 5.20. The van der Waals surface area contributed by atoms with Crippen LogP contribution in [0.25, 0.3) is 5.95 Å². The fourth-order valence-electron chi connectivity index (χ4n) is 3.71. The molecular weight excluding hydrogens is 360 g/mol. The van der Waals surface area contributed by atoms with E-state index in [2.05, 4.69) is 25.6 Å². The van der Waals surface area contributed by atoms with E-state index >= 15 is 0 Å². The Morgan fingerprint density at radius 2 is 2.32 bits per heavy atom. The van der Waals surface area contributed by atoms with Crippen molar-refractivity contribution in [1.82, 2.24) is 30.2 Å². The summed E-state index contributed by atoms with van der Waals surface area (Å²) < 4.78 is 12.4. The molecule has 3 unspecified atom stereocenters. The van der Waals surface area contributed by atoms with Crippen molar-refractivity contribution in [3.05, 3.63) is 36.7 Å². The van der Waals surface area contributed by atoms with E-state index < -0.39 is 5.92 Å². The molecule has 4 heterocycles. The Hall–Kier alpha value is -2.36. The van der Waals surface area contributed by atoms with Crippen LogP contribution >= 0.6 is 0 Å². The van der Waals surface area contributed by atoms with Gasteiger partial charge in [0.15, 0.2) is 0 Å². The van der Waals surface area contributed by atoms with Crippen molar-refractivity contribution >= 4 is 5.91 Å². The molecule has 0 aliphatic carbocycles. The maximum Gasteiger partial charge on any atom is 0.235 e. The molecule has 0 spiro atoms. The summed E-state index contributed by atoms with van der Waals surface area (Å²) in [5, 5.41) is 6.58. The van der Waals surface area contributed by atoms with Gasteiger partial charge in [0.1, 0.15) is 19.2 Å². The SMILES string of the molecule is O=C(NCC1COCO1)C(c1ccnc(-n2ccnc2)n1)C1CCCCCN1. The van der Waals surface area contributed by atoms with Gasteiger partial charge >= 0.3 is 0 Å². The number of nitrogens with one attached hydrogen (secondary N) is 2. The molecule has 0 bridgehead atoms. The topological polar surface area (TPSA) is 103 Å². The highest BCUT2D eigenvalue weighted by Crippen LogP contribution is 2.25. The number of rotatable bonds is 6. The predicted molar refractivity (Wildman–Crippen MR) is 101 cm³/mol. The lowest BCUT2D eigenvalue weighted by Crippen LogP contribution is -2.45. The molecule has 9 heteroatoms. The van der Waals surface area contributed by atoms with Gasteiger partial charge in [-0.15, -0.1) is 0 Å². The summed E-state index contributed by atoms with van der Waals surface area (Å²) in [6, 6.07) is 1.86. The van der Waals surface area contributed by atoms with Crippen molar-refractivity contribution in [2.24, 2.45) is 0 Å². The molecule has 2 saturated heterocycles. The van der Waals surface area contributed by atoms with Gasteiger partial charge in [-0.05, 0) is 25.5 Å². The molecule has 1 amide bonds. The number of carbonyl (C=O) groups excluding carboxylic acids is 1. The minimum Gasteiger partial charge on any atom is -0.353 e. The van der Waals surface area contributed by atoms with Gasteiger partial charge in [0, 0.05) is 31.2 Å². The summed E-state index contributed by atoms with van der Waals surface area (Å²) in [4.78, 5) is 26.2. The van der Waals surface area contributed by atoms with Gasteiger partial charge < -0.3 is 20.1 Å². The fourth-order valence-corrected chi connectivity index (χ4v) is 3.71. The average molecular weight is 386 g/mol. The molecule has 150 valence electrons. The highest BCUT2D eigenvalue weighted by atomic mass is 16.7. The number of hydrogen-bond donors (Lipinski definition) is 2. The maximum atomic E-state index is 13.2. The predicted octanol–water partition coefficient (Wildman–Crippen LogP) is 0.767. The van der Waals surface area contributed by atoms with Gasteiger partial charge in [-0.1, -0.05) is 12.8 Å². The molecule has 2 fully saturated rings. The first-order valence-corrected chi connectivity index (χ1v) is 9.83. The first-order chi connectivity index (χ1) is 13.8. The minimum absolute atomic E-state index is 0.0359. The van der Waals surface area contributed by atoms with Crippen LogP contribution in [0.3, 0.4) is 0 Å². The lowest BCUT2D eigenvalue weighted by molar-refractivity contribution is -0.123. The van der Waals surface area contributed by atoms with E-state index in [1.165, 1.54) is 6.42 Å². The summed E-state index contributed by atoms with van der Waals surface area (Å²) in [5.41, 5.74) is 0.708. The molecule has 2 aliphatic heterocycles. The number of imidazole rings is 1. The Labute approximate surface area is 163 Å². The molecule has 4 rings (SSSR count). The Kier molecular flexibility index (Phi) is 6.25. The Bertz CT molecular complexity index is 755. The number of hydrogen-bond acceptors (Lipinski definition) is 7. The van der Waals surface area contributed by atoms with Crippen LogP contribution < -0.4 is 10.6 Å². The Morgan fingerprint density at radius 1 is 1.36 bits per heavy atom. The molecule has 0 aromatic carbocycles. The standard InChI is InChI=1S/C19H26N6O3/c26-18(23-10-14-11-27-13-28-14)17(15-4-2-1-3-6-21-15)16-5-7-22-19(24-16)25-9-8-20-12-25/h5,7-9,12,14-15,17,21H,1-4,6,10-11,13H2,(H,23,26). The second kappa shape index (κ2) is 9.22. The highest BCUT2D eigenvalue weighted by molar-refractivity contribution is 5.84. The van der Waals surface area contributed by atoms with Crippen LogP contribution in [0.1, 0.15) is 37.3 Å². The first-order valence-electron chi connectivity index (χ1n) is 9.83. The van der Waals surface area contributed by atoms with Crippen LogP contribution in [0.15, 0.2) is 31.0 Å². The monoisotopic (exact) mass is 386 g/mol. The summed E-state index contributed by atoms with van der Waals surface area (Å²) in [6.07, 6.45) is 11.0. The normalized spacial score (nSPS) is 23.9. The zero-order valence-electron chi connectivity index (χ0n) is 15.8. The molecule has 0 saturated carbocycles. The number of nitrogens with zero attached hydrogens (tertiary/aromatic N) is 4. The van der Waals surface area contributed by atoms with Crippen LogP contribution in [-0.2, 0) is 14.3 Å².